The second-order valence-electron chi connectivity index (χ2n) is 7.64. The molecule has 0 atom stereocenters. The highest BCUT2D eigenvalue weighted by Gasteiger charge is 2.38. The van der Waals surface area contributed by atoms with Crippen LogP contribution in [0.5, 0.6) is 11.5 Å². The summed E-state index contributed by atoms with van der Waals surface area (Å²) < 4.78 is 44.5. The number of halogens is 5. The maximum Gasteiger partial charge on any atom is 0.416 e. The second-order valence-corrected chi connectivity index (χ2v) is 8.90. The van der Waals surface area contributed by atoms with Crippen LogP contribution in [0.4, 0.5) is 29.3 Å². The molecule has 3 aromatic rings. The molecule has 1 aliphatic heterocycles. The molecule has 38 heavy (non-hydrogen) atoms. The number of nitrogens with zero attached hydrogens (tertiary/aromatic N) is 2. The van der Waals surface area contributed by atoms with Gasteiger partial charge in [-0.3, -0.25) is 25.0 Å². The maximum atomic E-state index is 13.0. The SMILES string of the molecule is O=C1NC(=O)N(c2ccccc2Cl)C(=O)/C1=C/c1ccc(Oc2ccc(C(F)(F)F)cc2[N+](=O)[O-])c(Br)c1. The molecule has 0 radical (unpaired) electrons. The predicted octanol–water partition coefficient (Wildman–Crippen LogP) is 6.49. The number of alkyl halides is 3. The summed E-state index contributed by atoms with van der Waals surface area (Å²) in [6.07, 6.45) is -3.59. The Balaban J connectivity index is 1.64. The molecule has 1 aliphatic rings. The van der Waals surface area contributed by atoms with Crippen LogP contribution < -0.4 is 15.0 Å². The van der Waals surface area contributed by atoms with Gasteiger partial charge in [-0.1, -0.05) is 29.8 Å². The molecule has 1 saturated heterocycles. The summed E-state index contributed by atoms with van der Waals surface area (Å²) in [7, 11) is 0. The van der Waals surface area contributed by atoms with E-state index in [9.17, 15) is 37.7 Å². The van der Waals surface area contributed by atoms with Crippen LogP contribution in [-0.4, -0.2) is 22.8 Å². The first kappa shape index (κ1) is 26.8. The lowest BCUT2D eigenvalue weighted by molar-refractivity contribution is -0.385. The van der Waals surface area contributed by atoms with E-state index >= 15 is 0 Å². The van der Waals surface area contributed by atoms with Gasteiger partial charge in [-0.15, -0.1) is 0 Å². The molecule has 4 amide bonds. The summed E-state index contributed by atoms with van der Waals surface area (Å²) in [6, 6.07) is 11.0. The smallest absolute Gasteiger partial charge is 0.416 e. The molecule has 0 unspecified atom stereocenters. The number of nitrogens with one attached hydrogen (secondary N) is 1. The fourth-order valence-electron chi connectivity index (χ4n) is 3.41. The number of hydrogen-bond acceptors (Lipinski definition) is 6. The summed E-state index contributed by atoms with van der Waals surface area (Å²) in [6.45, 7) is 0. The molecule has 0 saturated carbocycles. The number of hydrogen-bond donors (Lipinski definition) is 1. The van der Waals surface area contributed by atoms with E-state index in [1.165, 1.54) is 36.4 Å². The van der Waals surface area contributed by atoms with Crippen molar-refractivity contribution < 1.29 is 37.2 Å². The number of nitro groups is 1. The Hall–Kier alpha value is -4.23. The van der Waals surface area contributed by atoms with Gasteiger partial charge in [0.2, 0.25) is 5.75 Å². The number of anilines is 1. The van der Waals surface area contributed by atoms with Crippen molar-refractivity contribution in [2.24, 2.45) is 0 Å². The summed E-state index contributed by atoms with van der Waals surface area (Å²) in [5, 5.41) is 13.5. The fourth-order valence-corrected chi connectivity index (χ4v) is 4.10. The van der Waals surface area contributed by atoms with Crippen LogP contribution >= 0.6 is 27.5 Å². The average molecular weight is 611 g/mol. The lowest BCUT2D eigenvalue weighted by Crippen LogP contribution is -2.54. The van der Waals surface area contributed by atoms with Gasteiger partial charge in [0.15, 0.2) is 0 Å². The maximum absolute atomic E-state index is 13.0. The number of nitro benzene ring substituents is 1. The third kappa shape index (κ3) is 5.38. The molecule has 0 aromatic heterocycles. The Labute approximate surface area is 224 Å². The highest BCUT2D eigenvalue weighted by Crippen LogP contribution is 2.40. The van der Waals surface area contributed by atoms with E-state index in [0.29, 0.717) is 17.0 Å². The van der Waals surface area contributed by atoms with E-state index in [1.54, 1.807) is 12.1 Å². The molecule has 0 spiro atoms. The van der Waals surface area contributed by atoms with Crippen LogP contribution in [0.15, 0.2) is 70.7 Å². The van der Waals surface area contributed by atoms with Crippen LogP contribution in [0.2, 0.25) is 5.02 Å². The van der Waals surface area contributed by atoms with Crippen molar-refractivity contribution in [2.45, 2.75) is 6.18 Å². The third-order valence-corrected chi connectivity index (χ3v) is 6.10. The molecule has 1 N–H and O–H groups in total. The van der Waals surface area contributed by atoms with E-state index in [1.807, 2.05) is 0 Å². The van der Waals surface area contributed by atoms with Gasteiger partial charge >= 0.3 is 17.9 Å². The van der Waals surface area contributed by atoms with Crippen molar-refractivity contribution in [3.63, 3.8) is 0 Å². The van der Waals surface area contributed by atoms with E-state index in [4.69, 9.17) is 16.3 Å². The van der Waals surface area contributed by atoms with Gasteiger partial charge in [-0.25, -0.2) is 9.69 Å². The van der Waals surface area contributed by atoms with Crippen LogP contribution in [-0.2, 0) is 15.8 Å². The normalized spacial score (nSPS) is 15.0. The van der Waals surface area contributed by atoms with Crippen LogP contribution in [0.3, 0.4) is 0 Å². The van der Waals surface area contributed by atoms with Crippen LogP contribution in [0, 0.1) is 10.1 Å². The number of benzene rings is 3. The Kier molecular flexibility index (Phi) is 7.24. The molecular formula is C24H12BrClF3N3O6. The van der Waals surface area contributed by atoms with Crippen molar-refractivity contribution in [2.75, 3.05) is 4.90 Å². The first-order chi connectivity index (χ1) is 17.9. The van der Waals surface area contributed by atoms with E-state index in [0.717, 1.165) is 6.07 Å². The van der Waals surface area contributed by atoms with E-state index in [2.05, 4.69) is 21.2 Å². The van der Waals surface area contributed by atoms with Crippen LogP contribution in [0.1, 0.15) is 11.1 Å². The zero-order chi connectivity index (χ0) is 27.8. The number of imide groups is 2. The number of ether oxygens (including phenoxy) is 1. The number of amides is 4. The summed E-state index contributed by atoms with van der Waals surface area (Å²) >= 11 is 9.31. The molecule has 194 valence electrons. The quantitative estimate of drug-likeness (QED) is 0.153. The number of rotatable bonds is 5. The minimum atomic E-state index is -4.78. The second kappa shape index (κ2) is 10.3. The number of carbonyl (C=O) groups excluding carboxylic acids is 3. The third-order valence-electron chi connectivity index (χ3n) is 5.16. The Morgan fingerprint density at radius 1 is 1.03 bits per heavy atom. The van der Waals surface area contributed by atoms with Gasteiger partial charge in [0.25, 0.3) is 11.8 Å². The fraction of sp³-hybridized carbons (Fsp3) is 0.0417. The number of barbiturate groups is 1. The molecule has 0 bridgehead atoms. The first-order valence-corrected chi connectivity index (χ1v) is 11.5. The Bertz CT molecular complexity index is 1540. The van der Waals surface area contributed by atoms with Crippen molar-refractivity contribution in [3.8, 4) is 11.5 Å². The standard InChI is InChI=1S/C24H12BrClF3N3O6/c25-15-10-12(5-7-19(15)38-20-8-6-13(24(27,28)29)11-18(20)32(36)37)9-14-21(33)30-23(35)31(22(14)34)17-4-2-1-3-16(17)26/h1-11H,(H,30,33,35)/b14-9+. The topological polar surface area (TPSA) is 119 Å². The molecule has 1 heterocycles. The molecular weight excluding hydrogens is 599 g/mol. The van der Waals surface area contributed by atoms with Crippen molar-refractivity contribution in [3.05, 3.63) is 97.0 Å². The summed E-state index contributed by atoms with van der Waals surface area (Å²) in [5.41, 5.74) is -2.14. The first-order valence-electron chi connectivity index (χ1n) is 10.4. The van der Waals surface area contributed by atoms with E-state index in [-0.39, 0.29) is 32.1 Å². The number of para-hydroxylation sites is 1. The Morgan fingerprint density at radius 2 is 1.71 bits per heavy atom. The van der Waals surface area contributed by atoms with Gasteiger partial charge in [-0.2, -0.15) is 13.2 Å². The van der Waals surface area contributed by atoms with E-state index < -0.39 is 45.9 Å². The van der Waals surface area contributed by atoms with Gasteiger partial charge < -0.3 is 4.74 Å². The Morgan fingerprint density at radius 3 is 2.34 bits per heavy atom. The zero-order valence-corrected chi connectivity index (χ0v) is 20.9. The lowest BCUT2D eigenvalue weighted by atomic mass is 10.1. The predicted molar refractivity (Wildman–Crippen MR) is 133 cm³/mol. The number of urea groups is 1. The van der Waals surface area contributed by atoms with Gasteiger partial charge in [0.1, 0.15) is 11.3 Å². The van der Waals surface area contributed by atoms with Gasteiger partial charge in [0, 0.05) is 6.07 Å². The lowest BCUT2D eigenvalue weighted by Gasteiger charge is -2.27. The molecule has 1 fully saturated rings. The largest absolute Gasteiger partial charge is 0.449 e. The van der Waals surface area contributed by atoms with Gasteiger partial charge in [0.05, 0.1) is 25.7 Å². The molecule has 14 heteroatoms. The van der Waals surface area contributed by atoms with Gasteiger partial charge in [-0.05, 0) is 64.0 Å². The van der Waals surface area contributed by atoms with Crippen LogP contribution in [0.25, 0.3) is 6.08 Å². The van der Waals surface area contributed by atoms with Crippen molar-refractivity contribution in [1.29, 1.82) is 0 Å². The minimum Gasteiger partial charge on any atom is -0.449 e. The molecule has 9 nitrogen and oxygen atoms in total. The van der Waals surface area contributed by atoms with Crippen molar-refractivity contribution in [1.82, 2.24) is 5.32 Å². The molecule has 0 aliphatic carbocycles. The number of carbonyl (C=O) groups is 3. The monoisotopic (exact) mass is 609 g/mol. The van der Waals surface area contributed by atoms with Crippen molar-refractivity contribution >= 4 is 62.8 Å². The highest BCUT2D eigenvalue weighted by molar-refractivity contribution is 9.10. The zero-order valence-electron chi connectivity index (χ0n) is 18.6. The highest BCUT2D eigenvalue weighted by atomic mass is 79.9. The average Bonchev–Trinajstić information content (AvgIpc) is 2.84. The minimum absolute atomic E-state index is 0.00213. The summed E-state index contributed by atoms with van der Waals surface area (Å²) in [5.74, 6) is -2.31. The molecule has 3 aromatic carbocycles. The summed E-state index contributed by atoms with van der Waals surface area (Å²) in [4.78, 5) is 48.8. The molecule has 4 rings (SSSR count).